The van der Waals surface area contributed by atoms with Crippen molar-refractivity contribution in [1.82, 2.24) is 0 Å². The van der Waals surface area contributed by atoms with Gasteiger partial charge in [0.15, 0.2) is 11.5 Å². The zero-order valence-electron chi connectivity index (χ0n) is 11.3. The molecule has 0 unspecified atom stereocenters. The molecule has 0 saturated carbocycles. The van der Waals surface area contributed by atoms with Crippen molar-refractivity contribution in [3.63, 3.8) is 0 Å². The second-order valence-corrected chi connectivity index (χ2v) is 4.84. The van der Waals surface area contributed by atoms with Crippen molar-refractivity contribution in [1.29, 1.82) is 0 Å². The molecule has 0 aliphatic carbocycles. The van der Waals surface area contributed by atoms with Crippen LogP contribution in [0, 0.1) is 0 Å². The van der Waals surface area contributed by atoms with Crippen LogP contribution in [0.25, 0.3) is 10.8 Å². The third-order valence-corrected chi connectivity index (χ3v) is 3.56. The van der Waals surface area contributed by atoms with Gasteiger partial charge in [-0.25, -0.2) is 9.59 Å². The summed E-state index contributed by atoms with van der Waals surface area (Å²) in [5.74, 6) is -1.21. The van der Waals surface area contributed by atoms with E-state index in [4.69, 9.17) is 32.7 Å². The summed E-state index contributed by atoms with van der Waals surface area (Å²) >= 11 is 12.3. The van der Waals surface area contributed by atoms with E-state index in [1.54, 1.807) is 24.3 Å². The summed E-state index contributed by atoms with van der Waals surface area (Å²) in [6.07, 6.45) is 2.01. The fraction of sp³-hybridized carbons (Fsp3) is 0. The molecule has 112 valence electrons. The molecule has 0 bridgehead atoms. The number of rotatable bonds is 4. The number of esters is 2. The Balaban J connectivity index is 2.74. The molecular formula is C16H10Cl2O4. The standard InChI is InChI=1S/C16H10Cl2O4/c1-3-11(19)21-15-9-7-5-6-8-10(9)16(14(18)13(15)17)22-12(20)4-2/h3-8H,1-2H2. The summed E-state index contributed by atoms with van der Waals surface area (Å²) in [7, 11) is 0. The second kappa shape index (κ2) is 6.64. The van der Waals surface area contributed by atoms with Gasteiger partial charge in [-0.1, -0.05) is 60.6 Å². The van der Waals surface area contributed by atoms with E-state index >= 15 is 0 Å². The molecule has 6 heteroatoms. The highest BCUT2D eigenvalue weighted by Gasteiger charge is 2.21. The van der Waals surface area contributed by atoms with Gasteiger partial charge in [-0.05, 0) is 0 Å². The molecule has 0 N–H and O–H groups in total. The van der Waals surface area contributed by atoms with E-state index in [1.165, 1.54) is 0 Å². The molecule has 0 aliphatic rings. The third kappa shape index (κ3) is 2.98. The molecule has 0 fully saturated rings. The van der Waals surface area contributed by atoms with Gasteiger partial charge >= 0.3 is 11.9 Å². The van der Waals surface area contributed by atoms with Crippen LogP contribution in [0.5, 0.6) is 11.5 Å². The molecule has 0 atom stereocenters. The number of carbonyl (C=O) groups is 2. The lowest BCUT2D eigenvalue weighted by molar-refractivity contribution is -0.129. The van der Waals surface area contributed by atoms with E-state index in [1.807, 2.05) is 0 Å². The van der Waals surface area contributed by atoms with Gasteiger partial charge in [-0.2, -0.15) is 0 Å². The molecule has 0 radical (unpaired) electrons. The number of fused-ring (bicyclic) bond motifs is 1. The van der Waals surface area contributed by atoms with Crippen LogP contribution >= 0.6 is 23.2 Å². The molecule has 0 aromatic heterocycles. The van der Waals surface area contributed by atoms with E-state index < -0.39 is 11.9 Å². The zero-order valence-corrected chi connectivity index (χ0v) is 12.8. The van der Waals surface area contributed by atoms with Crippen molar-refractivity contribution in [3.05, 3.63) is 59.6 Å². The van der Waals surface area contributed by atoms with E-state index in [0.717, 1.165) is 12.2 Å². The van der Waals surface area contributed by atoms with Crippen molar-refractivity contribution in [2.24, 2.45) is 0 Å². The first-order chi connectivity index (χ1) is 10.5. The molecule has 0 aliphatic heterocycles. The van der Waals surface area contributed by atoms with Crippen molar-refractivity contribution >= 4 is 45.9 Å². The van der Waals surface area contributed by atoms with Crippen molar-refractivity contribution in [2.75, 3.05) is 0 Å². The molecule has 4 nitrogen and oxygen atoms in total. The summed E-state index contributed by atoms with van der Waals surface area (Å²) < 4.78 is 10.3. The maximum atomic E-state index is 11.5. The summed E-state index contributed by atoms with van der Waals surface area (Å²) in [4.78, 5) is 22.9. The Hall–Kier alpha value is -2.30. The van der Waals surface area contributed by atoms with Crippen LogP contribution in [0.4, 0.5) is 0 Å². The minimum absolute atomic E-state index is 0.0394. The van der Waals surface area contributed by atoms with Gasteiger partial charge in [0.05, 0.1) is 0 Å². The van der Waals surface area contributed by atoms with Crippen molar-refractivity contribution < 1.29 is 19.1 Å². The zero-order chi connectivity index (χ0) is 16.3. The van der Waals surface area contributed by atoms with E-state index in [-0.39, 0.29) is 21.5 Å². The SMILES string of the molecule is C=CC(=O)Oc1c(Cl)c(Cl)c(OC(=O)C=C)c2ccccc12. The minimum Gasteiger partial charge on any atom is -0.421 e. The molecule has 2 rings (SSSR count). The second-order valence-electron chi connectivity index (χ2n) is 4.08. The maximum absolute atomic E-state index is 11.5. The Kier molecular flexibility index (Phi) is 4.85. The number of halogens is 2. The summed E-state index contributed by atoms with van der Waals surface area (Å²) in [6, 6.07) is 6.76. The lowest BCUT2D eigenvalue weighted by Crippen LogP contribution is -2.07. The highest BCUT2D eigenvalue weighted by molar-refractivity contribution is 6.45. The van der Waals surface area contributed by atoms with Crippen molar-refractivity contribution in [3.8, 4) is 11.5 Å². The predicted octanol–water partition coefficient (Wildman–Crippen LogP) is 4.33. The highest BCUT2D eigenvalue weighted by atomic mass is 35.5. The Morgan fingerprint density at radius 1 is 0.864 bits per heavy atom. The lowest BCUT2D eigenvalue weighted by atomic mass is 10.1. The Bertz CT molecular complexity index is 730. The topological polar surface area (TPSA) is 52.6 Å². The molecule has 0 amide bonds. The van der Waals surface area contributed by atoms with Gasteiger partial charge < -0.3 is 9.47 Å². The van der Waals surface area contributed by atoms with Crippen LogP contribution in [0.3, 0.4) is 0 Å². The number of hydrogen-bond acceptors (Lipinski definition) is 4. The van der Waals surface area contributed by atoms with Crippen molar-refractivity contribution in [2.45, 2.75) is 0 Å². The molecule has 2 aromatic rings. The van der Waals surface area contributed by atoms with Gasteiger partial charge in [0.1, 0.15) is 10.0 Å². The van der Waals surface area contributed by atoms with Crippen LogP contribution < -0.4 is 9.47 Å². The van der Waals surface area contributed by atoms with Crippen LogP contribution in [0.2, 0.25) is 10.0 Å². The number of carbonyl (C=O) groups excluding carboxylic acids is 2. The van der Waals surface area contributed by atoms with Crippen LogP contribution in [-0.4, -0.2) is 11.9 Å². The average Bonchev–Trinajstić information content (AvgIpc) is 2.54. The van der Waals surface area contributed by atoms with Gasteiger partial charge in [-0.15, -0.1) is 0 Å². The Morgan fingerprint density at radius 2 is 1.23 bits per heavy atom. The molecule has 22 heavy (non-hydrogen) atoms. The maximum Gasteiger partial charge on any atom is 0.335 e. The van der Waals surface area contributed by atoms with Crippen LogP contribution in [-0.2, 0) is 9.59 Å². The summed E-state index contributed by atoms with van der Waals surface area (Å²) in [5, 5.41) is 0.864. The molecule has 0 heterocycles. The summed E-state index contributed by atoms with van der Waals surface area (Å²) in [6.45, 7) is 6.65. The van der Waals surface area contributed by atoms with E-state index in [2.05, 4.69) is 13.2 Å². The minimum atomic E-state index is -0.682. The monoisotopic (exact) mass is 336 g/mol. The van der Waals surface area contributed by atoms with Crippen LogP contribution in [0.1, 0.15) is 0 Å². The van der Waals surface area contributed by atoms with Crippen LogP contribution in [0.15, 0.2) is 49.6 Å². The number of benzene rings is 2. The Morgan fingerprint density at radius 3 is 1.55 bits per heavy atom. The summed E-state index contributed by atoms with van der Waals surface area (Å²) in [5.41, 5.74) is 0. The fourth-order valence-corrected chi connectivity index (χ4v) is 2.25. The first-order valence-electron chi connectivity index (χ1n) is 6.07. The smallest absolute Gasteiger partial charge is 0.335 e. The average molecular weight is 337 g/mol. The number of ether oxygens (including phenoxy) is 2. The number of hydrogen-bond donors (Lipinski definition) is 0. The third-order valence-electron chi connectivity index (χ3n) is 2.75. The Labute approximate surface area is 136 Å². The lowest BCUT2D eigenvalue weighted by Gasteiger charge is -2.14. The quantitative estimate of drug-likeness (QED) is 0.473. The highest BCUT2D eigenvalue weighted by Crippen LogP contribution is 2.46. The largest absolute Gasteiger partial charge is 0.421 e. The van der Waals surface area contributed by atoms with Gasteiger partial charge in [0.2, 0.25) is 0 Å². The predicted molar refractivity (Wildman–Crippen MR) is 85.6 cm³/mol. The molecule has 2 aromatic carbocycles. The molecular weight excluding hydrogens is 327 g/mol. The van der Waals surface area contributed by atoms with E-state index in [0.29, 0.717) is 10.8 Å². The molecule has 0 saturated heterocycles. The molecule has 0 spiro atoms. The fourth-order valence-electron chi connectivity index (χ4n) is 1.80. The first-order valence-corrected chi connectivity index (χ1v) is 6.83. The van der Waals surface area contributed by atoms with Gasteiger partial charge in [-0.3, -0.25) is 0 Å². The van der Waals surface area contributed by atoms with Gasteiger partial charge in [0.25, 0.3) is 0 Å². The van der Waals surface area contributed by atoms with E-state index in [9.17, 15) is 9.59 Å². The van der Waals surface area contributed by atoms with Gasteiger partial charge in [0, 0.05) is 22.9 Å². The first kappa shape index (κ1) is 16.1. The normalized spacial score (nSPS) is 10.1.